The molecule has 1 aromatic heterocycles. The van der Waals surface area contributed by atoms with Gasteiger partial charge in [-0.15, -0.1) is 24.0 Å². The van der Waals surface area contributed by atoms with Crippen molar-refractivity contribution < 1.29 is 4.42 Å². The number of halogens is 1. The zero-order valence-electron chi connectivity index (χ0n) is 15.0. The van der Waals surface area contributed by atoms with Crippen LogP contribution < -0.4 is 10.6 Å². The van der Waals surface area contributed by atoms with Crippen LogP contribution in [0.15, 0.2) is 40.0 Å². The number of nitrogens with one attached hydrogen (secondary N) is 2. The van der Waals surface area contributed by atoms with Gasteiger partial charge in [0, 0.05) is 58.3 Å². The predicted molar refractivity (Wildman–Crippen MR) is 113 cm³/mol. The molecule has 0 saturated carbocycles. The second-order valence-corrected chi connectivity index (χ2v) is 6.75. The van der Waals surface area contributed by atoms with Gasteiger partial charge in [-0.05, 0) is 19.1 Å². The van der Waals surface area contributed by atoms with Crippen LogP contribution in [-0.2, 0) is 6.42 Å². The summed E-state index contributed by atoms with van der Waals surface area (Å²) in [6, 6.07) is 4.50. The maximum absolute atomic E-state index is 5.38. The largest absolute Gasteiger partial charge is 0.469 e. The number of aliphatic imine (C=N–C) groups is 1. The van der Waals surface area contributed by atoms with Crippen LogP contribution in [-0.4, -0.2) is 74.2 Å². The van der Waals surface area contributed by atoms with Gasteiger partial charge in [-0.3, -0.25) is 9.80 Å². The van der Waals surface area contributed by atoms with Gasteiger partial charge in [0.25, 0.3) is 0 Å². The lowest BCUT2D eigenvalue weighted by Gasteiger charge is -2.47. The Morgan fingerprint density at radius 3 is 2.72 bits per heavy atom. The SMILES string of the molecule is C=C(C)CN=C(NCCc1ccco1)NCC1CN2CCN1CC2.I. The molecule has 1 unspecified atom stereocenters. The van der Waals surface area contributed by atoms with Gasteiger partial charge in [0.1, 0.15) is 5.76 Å². The Morgan fingerprint density at radius 2 is 2.12 bits per heavy atom. The minimum absolute atomic E-state index is 0. The topological polar surface area (TPSA) is 56.0 Å². The molecule has 0 aliphatic carbocycles. The fourth-order valence-electron chi connectivity index (χ4n) is 3.28. The minimum atomic E-state index is 0. The van der Waals surface area contributed by atoms with Crippen molar-refractivity contribution in [3.05, 3.63) is 36.3 Å². The number of rotatable bonds is 7. The standard InChI is InChI=1S/C18H29N5O.HI/c1-15(2)12-20-18(19-6-5-17-4-3-11-24-17)21-13-16-14-22-7-9-23(16)10-8-22;/h3-4,11,16H,1,5-10,12-14H2,2H3,(H2,19,20,21);1H. The molecule has 0 aromatic carbocycles. The Balaban J connectivity index is 0.00000225. The molecule has 0 spiro atoms. The van der Waals surface area contributed by atoms with Crippen molar-refractivity contribution in [2.75, 3.05) is 52.4 Å². The predicted octanol–water partition coefficient (Wildman–Crippen LogP) is 1.55. The Morgan fingerprint density at radius 1 is 1.32 bits per heavy atom. The number of furan rings is 1. The average molecular weight is 459 g/mol. The second kappa shape index (κ2) is 10.2. The normalized spacial score (nSPS) is 25.3. The molecule has 0 radical (unpaired) electrons. The van der Waals surface area contributed by atoms with Crippen molar-refractivity contribution in [2.45, 2.75) is 19.4 Å². The first kappa shape index (κ1) is 20.3. The van der Waals surface area contributed by atoms with Crippen molar-refractivity contribution in [1.29, 1.82) is 0 Å². The van der Waals surface area contributed by atoms with Crippen molar-refractivity contribution in [1.82, 2.24) is 20.4 Å². The number of fused-ring (bicyclic) bond motifs is 3. The van der Waals surface area contributed by atoms with Gasteiger partial charge in [0.05, 0.1) is 12.8 Å². The van der Waals surface area contributed by atoms with Crippen LogP contribution in [0.1, 0.15) is 12.7 Å². The fraction of sp³-hybridized carbons (Fsp3) is 0.611. The third-order valence-corrected chi connectivity index (χ3v) is 4.65. The summed E-state index contributed by atoms with van der Waals surface area (Å²) >= 11 is 0. The molecular formula is C18H30IN5O. The molecule has 25 heavy (non-hydrogen) atoms. The Bertz CT molecular complexity index is 552. The molecule has 140 valence electrons. The summed E-state index contributed by atoms with van der Waals surface area (Å²) in [5, 5.41) is 6.91. The molecule has 3 aliphatic heterocycles. The third-order valence-electron chi connectivity index (χ3n) is 4.65. The van der Waals surface area contributed by atoms with Gasteiger partial charge in [-0.2, -0.15) is 0 Å². The van der Waals surface area contributed by atoms with Crippen LogP contribution in [0, 0.1) is 0 Å². The first-order valence-corrected chi connectivity index (χ1v) is 8.86. The van der Waals surface area contributed by atoms with Gasteiger partial charge in [0.15, 0.2) is 5.96 Å². The molecule has 3 fully saturated rings. The molecule has 4 heterocycles. The van der Waals surface area contributed by atoms with Crippen molar-refractivity contribution >= 4 is 29.9 Å². The molecule has 4 rings (SSSR count). The summed E-state index contributed by atoms with van der Waals surface area (Å²) in [4.78, 5) is 9.77. The van der Waals surface area contributed by atoms with Gasteiger partial charge < -0.3 is 15.1 Å². The highest BCUT2D eigenvalue weighted by Crippen LogP contribution is 2.14. The molecule has 0 amide bonds. The van der Waals surface area contributed by atoms with E-state index in [4.69, 9.17) is 4.42 Å². The van der Waals surface area contributed by atoms with Crippen LogP contribution in [0.5, 0.6) is 0 Å². The molecule has 6 nitrogen and oxygen atoms in total. The molecule has 7 heteroatoms. The van der Waals surface area contributed by atoms with Crippen LogP contribution >= 0.6 is 24.0 Å². The smallest absolute Gasteiger partial charge is 0.191 e. The summed E-state index contributed by atoms with van der Waals surface area (Å²) in [6.07, 6.45) is 2.57. The molecule has 1 atom stereocenters. The number of piperazine rings is 3. The van der Waals surface area contributed by atoms with E-state index < -0.39 is 0 Å². The first-order valence-electron chi connectivity index (χ1n) is 8.86. The molecule has 3 aliphatic rings. The van der Waals surface area contributed by atoms with E-state index in [9.17, 15) is 0 Å². The third kappa shape index (κ3) is 6.31. The number of hydrogen-bond donors (Lipinski definition) is 2. The van der Waals surface area contributed by atoms with E-state index >= 15 is 0 Å². The second-order valence-electron chi connectivity index (χ2n) is 6.75. The lowest BCUT2D eigenvalue weighted by molar-refractivity contribution is 0.0154. The number of hydrogen-bond acceptors (Lipinski definition) is 4. The summed E-state index contributed by atoms with van der Waals surface area (Å²) < 4.78 is 5.38. The quantitative estimate of drug-likeness (QED) is 0.281. The lowest BCUT2D eigenvalue weighted by atomic mass is 10.1. The monoisotopic (exact) mass is 459 g/mol. The van der Waals surface area contributed by atoms with Gasteiger partial charge in [-0.1, -0.05) is 12.2 Å². The zero-order chi connectivity index (χ0) is 16.8. The summed E-state index contributed by atoms with van der Waals surface area (Å²) in [7, 11) is 0. The average Bonchev–Trinajstić information content (AvgIpc) is 3.11. The molecule has 2 N–H and O–H groups in total. The van der Waals surface area contributed by atoms with Gasteiger partial charge in [-0.25, -0.2) is 4.99 Å². The molecule has 2 bridgehead atoms. The van der Waals surface area contributed by atoms with Crippen molar-refractivity contribution in [3.63, 3.8) is 0 Å². The Hall–Kier alpha value is -1.06. The number of nitrogens with zero attached hydrogens (tertiary/aromatic N) is 3. The Labute approximate surface area is 167 Å². The van der Waals surface area contributed by atoms with E-state index in [0.717, 1.165) is 43.3 Å². The van der Waals surface area contributed by atoms with E-state index in [2.05, 4.69) is 32.0 Å². The highest BCUT2D eigenvalue weighted by molar-refractivity contribution is 14.0. The minimum Gasteiger partial charge on any atom is -0.469 e. The summed E-state index contributed by atoms with van der Waals surface area (Å²) in [6.45, 7) is 14.3. The highest BCUT2D eigenvalue weighted by atomic mass is 127. The van der Waals surface area contributed by atoms with Crippen LogP contribution in [0.4, 0.5) is 0 Å². The highest BCUT2D eigenvalue weighted by Gasteiger charge is 2.31. The van der Waals surface area contributed by atoms with E-state index in [1.165, 1.54) is 26.2 Å². The summed E-state index contributed by atoms with van der Waals surface area (Å²) in [5.74, 6) is 1.85. The number of guanidine groups is 1. The van der Waals surface area contributed by atoms with E-state index in [1.807, 2.05) is 19.1 Å². The molecule has 3 saturated heterocycles. The van der Waals surface area contributed by atoms with Crippen LogP contribution in [0.3, 0.4) is 0 Å². The fourth-order valence-corrected chi connectivity index (χ4v) is 3.28. The first-order chi connectivity index (χ1) is 11.7. The molecular weight excluding hydrogens is 429 g/mol. The van der Waals surface area contributed by atoms with E-state index in [0.29, 0.717) is 12.6 Å². The van der Waals surface area contributed by atoms with Gasteiger partial charge >= 0.3 is 0 Å². The zero-order valence-corrected chi connectivity index (χ0v) is 17.4. The van der Waals surface area contributed by atoms with Crippen LogP contribution in [0.2, 0.25) is 0 Å². The van der Waals surface area contributed by atoms with Crippen molar-refractivity contribution in [3.8, 4) is 0 Å². The van der Waals surface area contributed by atoms with Gasteiger partial charge in [0.2, 0.25) is 0 Å². The van der Waals surface area contributed by atoms with E-state index in [1.54, 1.807) is 6.26 Å². The van der Waals surface area contributed by atoms with Crippen LogP contribution in [0.25, 0.3) is 0 Å². The van der Waals surface area contributed by atoms with Crippen molar-refractivity contribution in [2.24, 2.45) is 4.99 Å². The summed E-state index contributed by atoms with van der Waals surface area (Å²) in [5.41, 5.74) is 1.06. The maximum Gasteiger partial charge on any atom is 0.191 e. The molecule has 1 aromatic rings. The van der Waals surface area contributed by atoms with E-state index in [-0.39, 0.29) is 24.0 Å². The maximum atomic E-state index is 5.38. The Kier molecular flexibility index (Phi) is 8.25. The lowest BCUT2D eigenvalue weighted by Crippen LogP contribution is -2.63.